The van der Waals surface area contributed by atoms with Gasteiger partial charge in [0.15, 0.2) is 0 Å². The molecule has 5 rings (SSSR count). The number of carbonyl (C=O) groups excluding carboxylic acids is 1. The highest BCUT2D eigenvalue weighted by Crippen LogP contribution is 2.48. The van der Waals surface area contributed by atoms with Crippen LogP contribution in [0.3, 0.4) is 0 Å². The van der Waals surface area contributed by atoms with Gasteiger partial charge in [0, 0.05) is 6.92 Å². The van der Waals surface area contributed by atoms with E-state index in [4.69, 9.17) is 4.74 Å². The fourth-order valence-corrected chi connectivity index (χ4v) is 4.91. The molecular weight excluding hydrogens is 284 g/mol. The van der Waals surface area contributed by atoms with Crippen LogP contribution in [0.2, 0.25) is 0 Å². The van der Waals surface area contributed by atoms with Crippen LogP contribution in [-0.4, -0.2) is 5.97 Å². The molecule has 0 aliphatic heterocycles. The third-order valence-electron chi connectivity index (χ3n) is 5.77. The highest BCUT2D eigenvalue weighted by atomic mass is 16.5. The molecule has 0 saturated heterocycles. The van der Waals surface area contributed by atoms with Crippen molar-refractivity contribution in [2.24, 2.45) is 0 Å². The van der Waals surface area contributed by atoms with Crippen molar-refractivity contribution in [3.05, 3.63) is 57.6 Å². The van der Waals surface area contributed by atoms with Gasteiger partial charge < -0.3 is 4.74 Å². The van der Waals surface area contributed by atoms with Gasteiger partial charge in [-0.2, -0.15) is 0 Å². The van der Waals surface area contributed by atoms with E-state index >= 15 is 0 Å². The summed E-state index contributed by atoms with van der Waals surface area (Å²) in [5, 5.41) is 0. The van der Waals surface area contributed by atoms with Crippen LogP contribution in [0.1, 0.15) is 52.8 Å². The topological polar surface area (TPSA) is 26.3 Å². The van der Waals surface area contributed by atoms with Crippen LogP contribution < -0.4 is 0 Å². The van der Waals surface area contributed by atoms with Crippen LogP contribution in [0.4, 0.5) is 0 Å². The zero-order valence-corrected chi connectivity index (χ0v) is 13.4. The second-order valence-electron chi connectivity index (χ2n) is 7.05. The molecule has 0 N–H and O–H groups in total. The van der Waals surface area contributed by atoms with Crippen molar-refractivity contribution in [2.75, 3.05) is 0 Å². The van der Waals surface area contributed by atoms with Crippen LogP contribution in [0, 0.1) is 0 Å². The van der Waals surface area contributed by atoms with Gasteiger partial charge in [-0.25, -0.2) is 0 Å². The maximum absolute atomic E-state index is 11.4. The third-order valence-corrected chi connectivity index (χ3v) is 5.77. The minimum absolute atomic E-state index is 0.0254. The van der Waals surface area contributed by atoms with Gasteiger partial charge >= 0.3 is 5.97 Å². The van der Waals surface area contributed by atoms with Crippen molar-refractivity contribution in [1.29, 1.82) is 0 Å². The third kappa shape index (κ3) is 1.84. The molecule has 3 aliphatic carbocycles. The normalized spacial score (nSPS) is 20.0. The molecule has 23 heavy (non-hydrogen) atoms. The number of rotatable bonds is 1. The zero-order chi connectivity index (χ0) is 15.6. The van der Waals surface area contributed by atoms with Crippen LogP contribution in [-0.2, 0) is 41.6 Å². The van der Waals surface area contributed by atoms with E-state index in [-0.39, 0.29) is 12.1 Å². The lowest BCUT2D eigenvalue weighted by atomic mass is 9.73. The molecule has 0 radical (unpaired) electrons. The number of hydrogen-bond acceptors (Lipinski definition) is 2. The van der Waals surface area contributed by atoms with E-state index in [1.54, 1.807) is 5.56 Å². The lowest BCUT2D eigenvalue weighted by molar-refractivity contribution is -0.146. The Morgan fingerprint density at radius 3 is 2.48 bits per heavy atom. The first kappa shape index (κ1) is 13.4. The van der Waals surface area contributed by atoms with Crippen molar-refractivity contribution in [1.82, 2.24) is 0 Å². The molecule has 2 nitrogen and oxygen atoms in total. The lowest BCUT2D eigenvalue weighted by Gasteiger charge is -2.31. The fraction of sp³-hybridized carbons (Fsp3) is 0.381. The van der Waals surface area contributed by atoms with Crippen molar-refractivity contribution in [3.63, 3.8) is 0 Å². The minimum Gasteiger partial charge on any atom is -0.458 e. The van der Waals surface area contributed by atoms with Gasteiger partial charge in [0.2, 0.25) is 0 Å². The smallest absolute Gasteiger partial charge is 0.303 e. The summed E-state index contributed by atoms with van der Waals surface area (Å²) in [5.74, 6) is -0.165. The van der Waals surface area contributed by atoms with Crippen LogP contribution >= 0.6 is 0 Å². The first-order valence-corrected chi connectivity index (χ1v) is 8.68. The molecule has 1 unspecified atom stereocenters. The zero-order valence-electron chi connectivity index (χ0n) is 13.4. The predicted octanol–water partition coefficient (Wildman–Crippen LogP) is 4.10. The van der Waals surface area contributed by atoms with Crippen molar-refractivity contribution in [2.45, 2.75) is 51.6 Å². The van der Waals surface area contributed by atoms with E-state index in [9.17, 15) is 4.79 Å². The van der Waals surface area contributed by atoms with Crippen molar-refractivity contribution < 1.29 is 9.53 Å². The van der Waals surface area contributed by atoms with Crippen molar-refractivity contribution in [3.8, 4) is 11.1 Å². The number of esters is 1. The van der Waals surface area contributed by atoms with E-state index in [1.165, 1.54) is 45.9 Å². The minimum atomic E-state index is -0.165. The number of carbonyl (C=O) groups is 1. The highest BCUT2D eigenvalue weighted by Gasteiger charge is 2.34. The summed E-state index contributed by atoms with van der Waals surface area (Å²) in [6.45, 7) is 1.52. The van der Waals surface area contributed by atoms with E-state index in [0.717, 1.165) is 38.5 Å². The Labute approximate surface area is 136 Å². The molecule has 0 bridgehead atoms. The van der Waals surface area contributed by atoms with Gasteiger partial charge in [-0.05, 0) is 83.0 Å². The van der Waals surface area contributed by atoms with Gasteiger partial charge in [0.25, 0.3) is 0 Å². The predicted molar refractivity (Wildman–Crippen MR) is 89.5 cm³/mol. The summed E-state index contributed by atoms with van der Waals surface area (Å²) in [5.41, 5.74) is 11.9. The Bertz CT molecular complexity index is 833. The number of hydrogen-bond donors (Lipinski definition) is 0. The van der Waals surface area contributed by atoms with Gasteiger partial charge in [-0.3, -0.25) is 4.79 Å². The van der Waals surface area contributed by atoms with Crippen LogP contribution in [0.5, 0.6) is 0 Å². The monoisotopic (exact) mass is 304 g/mol. The summed E-state index contributed by atoms with van der Waals surface area (Å²) in [6, 6.07) is 9.16. The molecule has 0 amide bonds. The Morgan fingerprint density at radius 2 is 1.70 bits per heavy atom. The molecule has 0 saturated carbocycles. The molecule has 3 aliphatic rings. The molecule has 116 valence electrons. The summed E-state index contributed by atoms with van der Waals surface area (Å²) in [4.78, 5) is 11.4. The number of benzene rings is 2. The van der Waals surface area contributed by atoms with Crippen LogP contribution in [0.25, 0.3) is 11.1 Å². The molecule has 2 aromatic rings. The van der Waals surface area contributed by atoms with Gasteiger partial charge in [-0.15, -0.1) is 0 Å². The average Bonchev–Trinajstić information content (AvgIpc) is 2.94. The highest BCUT2D eigenvalue weighted by molar-refractivity contribution is 5.82. The van der Waals surface area contributed by atoms with E-state index in [2.05, 4.69) is 24.3 Å². The molecule has 0 heterocycles. The first-order valence-electron chi connectivity index (χ1n) is 8.68. The molecule has 0 spiro atoms. The average molecular weight is 304 g/mol. The molecule has 2 heteroatoms. The van der Waals surface area contributed by atoms with E-state index in [1.807, 2.05) is 0 Å². The second-order valence-corrected chi connectivity index (χ2v) is 7.05. The first-order chi connectivity index (χ1) is 11.2. The number of ether oxygens (including phenoxy) is 1. The quantitative estimate of drug-likeness (QED) is 0.741. The summed E-state index contributed by atoms with van der Waals surface area (Å²) >= 11 is 0. The van der Waals surface area contributed by atoms with Crippen LogP contribution in [0.15, 0.2) is 24.3 Å². The standard InChI is InChI=1S/C21H20O2/c1-12(22)23-19-10-9-16-17-8-7-14-4-2-3-13-5-6-15(11-18(16)19)21(17)20(13)14/h2-4,11,19H,5-10H2,1H3. The molecule has 0 aromatic heterocycles. The second kappa shape index (κ2) is 4.70. The van der Waals surface area contributed by atoms with Gasteiger partial charge in [-0.1, -0.05) is 24.3 Å². The number of aryl methyl sites for hydroxylation is 3. The van der Waals surface area contributed by atoms with E-state index < -0.39 is 0 Å². The maximum Gasteiger partial charge on any atom is 0.303 e. The van der Waals surface area contributed by atoms with Gasteiger partial charge in [0.1, 0.15) is 6.10 Å². The molecule has 1 atom stereocenters. The summed E-state index contributed by atoms with van der Waals surface area (Å²) in [6.07, 6.45) is 6.49. The number of fused-ring (bicyclic) bond motifs is 2. The van der Waals surface area contributed by atoms with E-state index in [0.29, 0.717) is 0 Å². The molecule has 2 aromatic carbocycles. The SMILES string of the molecule is CC(=O)OC1CCc2c1cc1c3c2CCc2cccc(c2-3)CC1. The molecule has 0 fully saturated rings. The lowest BCUT2D eigenvalue weighted by Crippen LogP contribution is -2.16. The summed E-state index contributed by atoms with van der Waals surface area (Å²) < 4.78 is 5.57. The maximum atomic E-state index is 11.4. The molecular formula is C21H20O2. The van der Waals surface area contributed by atoms with Gasteiger partial charge in [0.05, 0.1) is 0 Å². The largest absolute Gasteiger partial charge is 0.458 e. The Morgan fingerprint density at radius 1 is 0.957 bits per heavy atom. The van der Waals surface area contributed by atoms with Crippen molar-refractivity contribution >= 4 is 5.97 Å². The summed E-state index contributed by atoms with van der Waals surface area (Å²) in [7, 11) is 0. The Kier molecular flexibility index (Phi) is 2.73. The fourth-order valence-electron chi connectivity index (χ4n) is 4.91. The Balaban J connectivity index is 1.74. The Hall–Kier alpha value is -2.09.